The minimum Gasteiger partial charge on any atom is -0.768 e. The third kappa shape index (κ3) is 2.83. The highest BCUT2D eigenvalue weighted by Gasteiger charge is 2.10. The van der Waals surface area contributed by atoms with Crippen molar-refractivity contribution in [2.75, 3.05) is 0 Å². The summed E-state index contributed by atoms with van der Waals surface area (Å²) in [5, 5.41) is 0.0442. The number of halogens is 2. The fourth-order valence-electron chi connectivity index (χ4n) is 1.71. The Hall–Kier alpha value is -0.970. The van der Waals surface area contributed by atoms with E-state index in [1.807, 2.05) is 0 Å². The molecule has 2 nitrogen and oxygen atoms in total. The van der Waals surface area contributed by atoms with Gasteiger partial charge in [0.05, 0.1) is 5.02 Å². The third-order valence-electron chi connectivity index (χ3n) is 2.56. The van der Waals surface area contributed by atoms with E-state index in [9.17, 15) is 13.2 Å². The fraction of sp³-hybridized carbons (Fsp3) is 0.167. The lowest BCUT2D eigenvalue weighted by molar-refractivity contribution is 0.544. The summed E-state index contributed by atoms with van der Waals surface area (Å²) in [6.07, 6.45) is 4.64. The minimum atomic E-state index is -2.23. The molecule has 0 fully saturated rings. The number of hydrogen-bond donors (Lipinski definition) is 0. The van der Waals surface area contributed by atoms with Crippen LogP contribution in [0.2, 0.25) is 5.02 Å². The van der Waals surface area contributed by atoms with E-state index in [4.69, 9.17) is 11.6 Å². The van der Waals surface area contributed by atoms with Crippen molar-refractivity contribution in [3.05, 3.63) is 51.7 Å². The van der Waals surface area contributed by atoms with Gasteiger partial charge in [-0.05, 0) is 53.3 Å². The van der Waals surface area contributed by atoms with Gasteiger partial charge in [-0.2, -0.15) is 0 Å². The second kappa shape index (κ2) is 5.12. The molecule has 0 saturated heterocycles. The maximum absolute atomic E-state index is 13.0. The van der Waals surface area contributed by atoms with Gasteiger partial charge in [0.2, 0.25) is 0 Å². The summed E-state index contributed by atoms with van der Waals surface area (Å²) >= 11 is 3.46. The summed E-state index contributed by atoms with van der Waals surface area (Å²) in [5.41, 5.74) is 1.61. The molecule has 0 radical (unpaired) electrons. The summed E-state index contributed by atoms with van der Waals surface area (Å²) in [6.45, 7) is 0. The first kappa shape index (κ1) is 12.5. The van der Waals surface area contributed by atoms with Gasteiger partial charge in [-0.3, -0.25) is 4.21 Å². The Balaban J connectivity index is 2.37. The Bertz CT molecular complexity index is 537. The van der Waals surface area contributed by atoms with E-state index in [0.717, 1.165) is 17.6 Å². The molecule has 0 bridgehead atoms. The Morgan fingerprint density at radius 1 is 1.41 bits per heavy atom. The second-order valence-electron chi connectivity index (χ2n) is 3.68. The predicted molar refractivity (Wildman–Crippen MR) is 65.6 cm³/mol. The summed E-state index contributed by atoms with van der Waals surface area (Å²) in [7, 11) is 0. The van der Waals surface area contributed by atoms with Gasteiger partial charge in [-0.15, -0.1) is 0 Å². The standard InChI is InChI=1S/C12H10ClFO2S/c13-11-7-9(4-5-12(11)14)8-2-1-3-10(6-8)17(15)16/h3-7H,1-2H2,(H,15,16)/p-1. The van der Waals surface area contributed by atoms with Crippen LogP contribution < -0.4 is 0 Å². The van der Waals surface area contributed by atoms with Crippen molar-refractivity contribution in [3.63, 3.8) is 0 Å². The Morgan fingerprint density at radius 2 is 2.18 bits per heavy atom. The lowest BCUT2D eigenvalue weighted by atomic mass is 9.97. The number of hydrogen-bond acceptors (Lipinski definition) is 2. The maximum Gasteiger partial charge on any atom is 0.141 e. The Kier molecular flexibility index (Phi) is 3.76. The first-order valence-electron chi connectivity index (χ1n) is 5.03. The monoisotopic (exact) mass is 271 g/mol. The van der Waals surface area contributed by atoms with Crippen molar-refractivity contribution >= 4 is 28.3 Å². The molecule has 1 aromatic carbocycles. The smallest absolute Gasteiger partial charge is 0.141 e. The fourth-order valence-corrected chi connectivity index (χ4v) is 2.39. The highest BCUT2D eigenvalue weighted by Crippen LogP contribution is 2.29. The van der Waals surface area contributed by atoms with Crippen LogP contribution in [0.15, 0.2) is 35.3 Å². The summed E-state index contributed by atoms with van der Waals surface area (Å²) in [4.78, 5) is 0.270. The van der Waals surface area contributed by atoms with Gasteiger partial charge >= 0.3 is 0 Å². The maximum atomic E-state index is 13.0. The first-order valence-corrected chi connectivity index (χ1v) is 6.48. The lowest BCUT2D eigenvalue weighted by Gasteiger charge is -2.16. The zero-order valence-electron chi connectivity index (χ0n) is 8.78. The molecule has 0 aliphatic heterocycles. The molecule has 0 heterocycles. The van der Waals surface area contributed by atoms with E-state index in [1.54, 1.807) is 18.2 Å². The lowest BCUT2D eigenvalue weighted by Crippen LogP contribution is -1.98. The quantitative estimate of drug-likeness (QED) is 0.773. The molecular weight excluding hydrogens is 263 g/mol. The van der Waals surface area contributed by atoms with Gasteiger partial charge in [0, 0.05) is 4.91 Å². The molecule has 1 aromatic rings. The molecule has 0 N–H and O–H groups in total. The topological polar surface area (TPSA) is 40.1 Å². The predicted octanol–water partition coefficient (Wildman–Crippen LogP) is 3.42. The van der Waals surface area contributed by atoms with Crippen LogP contribution in [-0.2, 0) is 11.1 Å². The summed E-state index contributed by atoms with van der Waals surface area (Å²) < 4.78 is 34.7. The molecule has 5 heteroatoms. The molecule has 2 rings (SSSR count). The molecule has 1 aliphatic rings. The molecule has 90 valence electrons. The van der Waals surface area contributed by atoms with E-state index >= 15 is 0 Å². The van der Waals surface area contributed by atoms with E-state index in [1.165, 1.54) is 12.1 Å². The van der Waals surface area contributed by atoms with Crippen LogP contribution in [-0.4, -0.2) is 8.76 Å². The van der Waals surface area contributed by atoms with Crippen molar-refractivity contribution in [1.29, 1.82) is 0 Å². The number of rotatable bonds is 2. The molecule has 0 spiro atoms. The van der Waals surface area contributed by atoms with Crippen LogP contribution in [0.4, 0.5) is 4.39 Å². The van der Waals surface area contributed by atoms with Crippen molar-refractivity contribution in [2.24, 2.45) is 0 Å². The second-order valence-corrected chi connectivity index (χ2v) is 5.03. The first-order chi connectivity index (χ1) is 8.08. The third-order valence-corrected chi connectivity index (χ3v) is 3.52. The van der Waals surface area contributed by atoms with Crippen LogP contribution >= 0.6 is 11.6 Å². The van der Waals surface area contributed by atoms with Gasteiger partial charge in [0.1, 0.15) is 5.82 Å². The SMILES string of the molecule is O=S([O-])C1=CCCC(c2ccc(F)c(Cl)c2)=C1. The van der Waals surface area contributed by atoms with Gasteiger partial charge in [0.15, 0.2) is 0 Å². The Labute approximate surface area is 106 Å². The zero-order chi connectivity index (χ0) is 12.4. The zero-order valence-corrected chi connectivity index (χ0v) is 10.4. The molecular formula is C12H9ClFO2S-. The number of allylic oxidation sites excluding steroid dienone is 3. The normalized spacial score (nSPS) is 17.4. The summed E-state index contributed by atoms with van der Waals surface area (Å²) in [6, 6.07) is 4.40. The van der Waals surface area contributed by atoms with E-state index in [-0.39, 0.29) is 9.93 Å². The molecule has 1 unspecified atom stereocenters. The Morgan fingerprint density at radius 3 is 2.82 bits per heavy atom. The van der Waals surface area contributed by atoms with Gasteiger partial charge in [0.25, 0.3) is 0 Å². The van der Waals surface area contributed by atoms with E-state index in [0.29, 0.717) is 6.42 Å². The average molecular weight is 272 g/mol. The molecule has 0 aromatic heterocycles. The molecule has 0 amide bonds. The van der Waals surface area contributed by atoms with Gasteiger partial charge in [-0.25, -0.2) is 4.39 Å². The minimum absolute atomic E-state index is 0.0442. The van der Waals surface area contributed by atoms with E-state index in [2.05, 4.69) is 0 Å². The van der Waals surface area contributed by atoms with Crippen LogP contribution in [0.5, 0.6) is 0 Å². The van der Waals surface area contributed by atoms with Crippen molar-refractivity contribution < 1.29 is 13.2 Å². The highest BCUT2D eigenvalue weighted by atomic mass is 35.5. The molecule has 17 heavy (non-hydrogen) atoms. The van der Waals surface area contributed by atoms with E-state index < -0.39 is 16.9 Å². The van der Waals surface area contributed by atoms with Gasteiger partial charge in [-0.1, -0.05) is 23.7 Å². The van der Waals surface area contributed by atoms with Crippen LogP contribution in [0.25, 0.3) is 5.57 Å². The average Bonchev–Trinajstić information content (AvgIpc) is 2.33. The molecule has 0 saturated carbocycles. The van der Waals surface area contributed by atoms with Crippen LogP contribution in [0.3, 0.4) is 0 Å². The summed E-state index contributed by atoms with van der Waals surface area (Å²) in [5.74, 6) is -0.477. The largest absolute Gasteiger partial charge is 0.768 e. The van der Waals surface area contributed by atoms with Gasteiger partial charge < -0.3 is 4.55 Å². The van der Waals surface area contributed by atoms with Crippen LogP contribution in [0.1, 0.15) is 18.4 Å². The van der Waals surface area contributed by atoms with Crippen LogP contribution in [0, 0.1) is 5.82 Å². The van der Waals surface area contributed by atoms with Crippen molar-refractivity contribution in [3.8, 4) is 0 Å². The molecule has 1 atom stereocenters. The van der Waals surface area contributed by atoms with Crippen molar-refractivity contribution in [1.82, 2.24) is 0 Å². The highest BCUT2D eigenvalue weighted by molar-refractivity contribution is 7.83. The van der Waals surface area contributed by atoms with Crippen molar-refractivity contribution in [2.45, 2.75) is 12.8 Å². The number of benzene rings is 1. The molecule has 1 aliphatic carbocycles.